The van der Waals surface area contributed by atoms with Gasteiger partial charge in [-0.1, -0.05) is 19.1 Å². The number of carbonyl (C=O) groups excluding carboxylic acids is 2. The summed E-state index contributed by atoms with van der Waals surface area (Å²) in [4.78, 5) is 24.6. The number of hydrogen-bond donors (Lipinski definition) is 0. The fraction of sp³-hybridized carbons (Fsp3) is 0.429. The first-order valence-electron chi connectivity index (χ1n) is 6.43. The topological polar surface area (TPSA) is 60.4 Å². The molecule has 0 aliphatic carbocycles. The van der Waals surface area contributed by atoms with Crippen LogP contribution in [0.4, 0.5) is 4.39 Å². The van der Waals surface area contributed by atoms with Crippen molar-refractivity contribution in [2.75, 3.05) is 5.75 Å². The SMILES string of the molecule is CCCC(=O)N1[C@@H](c2cccc(F)c2)SC[C@H]1C(=O)[O-]. The van der Waals surface area contributed by atoms with Crippen molar-refractivity contribution in [3.8, 4) is 0 Å². The highest BCUT2D eigenvalue weighted by Gasteiger charge is 2.38. The van der Waals surface area contributed by atoms with E-state index >= 15 is 0 Å². The van der Waals surface area contributed by atoms with Gasteiger partial charge in [-0.25, -0.2) is 4.39 Å². The summed E-state index contributed by atoms with van der Waals surface area (Å²) in [5.74, 6) is -1.64. The minimum absolute atomic E-state index is 0.235. The second kappa shape index (κ2) is 6.26. The number of aliphatic carboxylic acids is 1. The van der Waals surface area contributed by atoms with Crippen LogP contribution >= 0.6 is 11.8 Å². The van der Waals surface area contributed by atoms with Crippen LogP contribution in [0.2, 0.25) is 0 Å². The van der Waals surface area contributed by atoms with Gasteiger partial charge in [0.1, 0.15) is 11.2 Å². The number of carboxylic acids is 1. The largest absolute Gasteiger partial charge is 0.548 e. The quantitative estimate of drug-likeness (QED) is 0.841. The van der Waals surface area contributed by atoms with E-state index in [1.165, 1.54) is 28.8 Å². The zero-order valence-electron chi connectivity index (χ0n) is 11.0. The lowest BCUT2D eigenvalue weighted by Crippen LogP contribution is -2.48. The fourth-order valence-electron chi connectivity index (χ4n) is 2.25. The Morgan fingerprint density at radius 2 is 2.25 bits per heavy atom. The number of nitrogens with zero attached hydrogens (tertiary/aromatic N) is 1. The lowest BCUT2D eigenvalue weighted by atomic mass is 10.1. The van der Waals surface area contributed by atoms with E-state index in [0.29, 0.717) is 12.0 Å². The monoisotopic (exact) mass is 296 g/mol. The Morgan fingerprint density at radius 3 is 2.85 bits per heavy atom. The van der Waals surface area contributed by atoms with Gasteiger partial charge in [0.25, 0.3) is 0 Å². The van der Waals surface area contributed by atoms with Crippen LogP contribution in [0.3, 0.4) is 0 Å². The van der Waals surface area contributed by atoms with Crippen molar-refractivity contribution >= 4 is 23.6 Å². The molecule has 108 valence electrons. The third-order valence-corrected chi connectivity index (χ3v) is 4.48. The number of carbonyl (C=O) groups is 2. The molecule has 4 nitrogen and oxygen atoms in total. The summed E-state index contributed by atoms with van der Waals surface area (Å²) in [5.41, 5.74) is 0.600. The summed E-state index contributed by atoms with van der Waals surface area (Å²) in [6.07, 6.45) is 0.909. The van der Waals surface area contributed by atoms with Gasteiger partial charge in [0.15, 0.2) is 0 Å². The molecule has 0 unspecified atom stereocenters. The first-order valence-corrected chi connectivity index (χ1v) is 7.48. The number of halogens is 1. The maximum absolute atomic E-state index is 13.3. The third-order valence-electron chi connectivity index (χ3n) is 3.16. The van der Waals surface area contributed by atoms with Gasteiger partial charge >= 0.3 is 0 Å². The number of amides is 1. The fourth-order valence-corrected chi connectivity index (χ4v) is 3.68. The molecule has 0 radical (unpaired) electrons. The van der Waals surface area contributed by atoms with Crippen molar-refractivity contribution in [2.24, 2.45) is 0 Å². The van der Waals surface area contributed by atoms with Gasteiger partial charge in [0, 0.05) is 12.2 Å². The number of carboxylic acid groups (broad SMARTS) is 1. The molecule has 6 heteroatoms. The van der Waals surface area contributed by atoms with Crippen molar-refractivity contribution in [2.45, 2.75) is 31.2 Å². The van der Waals surface area contributed by atoms with Crippen molar-refractivity contribution in [3.05, 3.63) is 35.6 Å². The normalized spacial score (nSPS) is 22.0. The Labute approximate surface area is 121 Å². The van der Waals surface area contributed by atoms with E-state index in [2.05, 4.69) is 0 Å². The van der Waals surface area contributed by atoms with Crippen LogP contribution in [0.15, 0.2) is 24.3 Å². The summed E-state index contributed by atoms with van der Waals surface area (Å²) in [7, 11) is 0. The smallest absolute Gasteiger partial charge is 0.224 e. The van der Waals surface area contributed by atoms with Crippen LogP contribution in [0.1, 0.15) is 30.7 Å². The molecule has 1 aliphatic heterocycles. The van der Waals surface area contributed by atoms with E-state index in [-0.39, 0.29) is 18.1 Å². The van der Waals surface area contributed by atoms with E-state index in [0.717, 1.165) is 0 Å². The molecular formula is C14H15FNO3S-. The molecule has 2 rings (SSSR count). The lowest BCUT2D eigenvalue weighted by Gasteiger charge is -2.30. The third kappa shape index (κ3) is 2.95. The second-order valence-corrected chi connectivity index (χ2v) is 5.74. The molecule has 1 saturated heterocycles. The van der Waals surface area contributed by atoms with Crippen molar-refractivity contribution in [1.29, 1.82) is 0 Å². The first kappa shape index (κ1) is 14.8. The number of rotatable bonds is 4. The standard InChI is InChI=1S/C14H16FNO3S/c1-2-4-12(17)16-11(14(18)19)8-20-13(16)9-5-3-6-10(15)7-9/h3,5-7,11,13H,2,4,8H2,1H3,(H,18,19)/p-1/t11-,13+/m0/s1. The average Bonchev–Trinajstić information content (AvgIpc) is 2.83. The molecule has 1 amide bonds. The number of benzene rings is 1. The Bertz CT molecular complexity index is 523. The van der Waals surface area contributed by atoms with E-state index in [4.69, 9.17) is 0 Å². The van der Waals surface area contributed by atoms with Crippen LogP contribution in [0, 0.1) is 5.82 Å². The van der Waals surface area contributed by atoms with Crippen molar-refractivity contribution in [3.63, 3.8) is 0 Å². The van der Waals surface area contributed by atoms with Gasteiger partial charge in [0.05, 0.1) is 12.0 Å². The Balaban J connectivity index is 2.31. The van der Waals surface area contributed by atoms with E-state index < -0.39 is 23.2 Å². The Morgan fingerprint density at radius 1 is 1.50 bits per heavy atom. The summed E-state index contributed by atoms with van der Waals surface area (Å²) in [6, 6.07) is 4.95. The molecule has 0 spiro atoms. The van der Waals surface area contributed by atoms with Gasteiger partial charge in [0.2, 0.25) is 5.91 Å². The maximum atomic E-state index is 13.3. The van der Waals surface area contributed by atoms with E-state index in [1.54, 1.807) is 12.1 Å². The van der Waals surface area contributed by atoms with Crippen LogP contribution in [0.5, 0.6) is 0 Å². The predicted molar refractivity (Wildman–Crippen MR) is 72.1 cm³/mol. The number of hydrogen-bond acceptors (Lipinski definition) is 4. The highest BCUT2D eigenvalue weighted by molar-refractivity contribution is 7.99. The zero-order valence-corrected chi connectivity index (χ0v) is 11.9. The molecular weight excluding hydrogens is 281 g/mol. The van der Waals surface area contributed by atoms with Gasteiger partial charge < -0.3 is 14.8 Å². The molecule has 2 atom stereocenters. The maximum Gasteiger partial charge on any atom is 0.224 e. The van der Waals surface area contributed by atoms with Crippen LogP contribution in [0.25, 0.3) is 0 Å². The minimum atomic E-state index is -1.26. The summed E-state index contributed by atoms with van der Waals surface area (Å²) < 4.78 is 13.3. The van der Waals surface area contributed by atoms with Crippen LogP contribution in [-0.2, 0) is 9.59 Å². The molecule has 1 fully saturated rings. The Kier molecular flexibility index (Phi) is 4.65. The zero-order chi connectivity index (χ0) is 14.7. The van der Waals surface area contributed by atoms with Crippen molar-refractivity contribution < 1.29 is 19.1 Å². The van der Waals surface area contributed by atoms with Crippen molar-refractivity contribution in [1.82, 2.24) is 4.90 Å². The highest BCUT2D eigenvalue weighted by atomic mass is 32.2. The molecule has 0 aromatic heterocycles. The lowest BCUT2D eigenvalue weighted by molar-refractivity contribution is -0.310. The molecule has 1 aromatic carbocycles. The molecule has 1 aromatic rings. The predicted octanol–water partition coefficient (Wildman–Crippen LogP) is 1.32. The second-order valence-electron chi connectivity index (χ2n) is 4.63. The van der Waals surface area contributed by atoms with Gasteiger partial charge in [-0.3, -0.25) is 4.79 Å². The molecule has 1 aliphatic rings. The molecule has 0 bridgehead atoms. The molecule has 20 heavy (non-hydrogen) atoms. The first-order chi connectivity index (χ1) is 9.54. The van der Waals surface area contributed by atoms with Gasteiger partial charge in [-0.05, 0) is 24.1 Å². The summed E-state index contributed by atoms with van der Waals surface area (Å²) >= 11 is 1.32. The van der Waals surface area contributed by atoms with Gasteiger partial charge in [-0.15, -0.1) is 11.8 Å². The number of thioether (sulfide) groups is 1. The minimum Gasteiger partial charge on any atom is -0.548 e. The molecule has 0 saturated carbocycles. The average molecular weight is 296 g/mol. The van der Waals surface area contributed by atoms with Crippen LogP contribution in [-0.4, -0.2) is 28.6 Å². The molecule has 1 heterocycles. The van der Waals surface area contributed by atoms with Crippen LogP contribution < -0.4 is 5.11 Å². The van der Waals surface area contributed by atoms with E-state index in [9.17, 15) is 19.1 Å². The molecule has 0 N–H and O–H groups in total. The van der Waals surface area contributed by atoms with Gasteiger partial charge in [-0.2, -0.15) is 0 Å². The Hall–Kier alpha value is -1.56. The summed E-state index contributed by atoms with van der Waals surface area (Å²) in [5, 5.41) is 10.7. The highest BCUT2D eigenvalue weighted by Crippen LogP contribution is 2.41. The summed E-state index contributed by atoms with van der Waals surface area (Å²) in [6.45, 7) is 1.85. The van der Waals surface area contributed by atoms with E-state index in [1.807, 2.05) is 6.92 Å².